The van der Waals surface area contributed by atoms with Crippen molar-refractivity contribution in [3.63, 3.8) is 0 Å². The first-order valence-corrected chi connectivity index (χ1v) is 14.7. The molecule has 192 valence electrons. The zero-order valence-electron chi connectivity index (χ0n) is 23.3. The van der Waals surface area contributed by atoms with Gasteiger partial charge in [0.15, 0.2) is 5.11 Å². The maximum Gasteiger partial charge on any atom is 0.166 e. The van der Waals surface area contributed by atoms with Crippen LogP contribution in [0.25, 0.3) is 0 Å². The van der Waals surface area contributed by atoms with Crippen LogP contribution in [0.15, 0.2) is 0 Å². The highest BCUT2D eigenvalue weighted by Gasteiger charge is 2.19. The molecular formula is C29H60N2S. The Morgan fingerprint density at radius 1 is 0.594 bits per heavy atom. The lowest BCUT2D eigenvalue weighted by Crippen LogP contribution is -2.47. The number of nitrogens with one attached hydrogen (secondary N) is 2. The minimum absolute atomic E-state index is 0.498. The summed E-state index contributed by atoms with van der Waals surface area (Å²) in [7, 11) is 0. The Hall–Kier alpha value is -0.310. The van der Waals surface area contributed by atoms with E-state index in [1.165, 1.54) is 89.9 Å². The molecule has 0 aliphatic rings. The molecule has 0 unspecified atom stereocenters. The predicted molar refractivity (Wildman–Crippen MR) is 150 cm³/mol. The molecule has 0 aromatic heterocycles. The summed E-state index contributed by atoms with van der Waals surface area (Å²) < 4.78 is 0. The van der Waals surface area contributed by atoms with Gasteiger partial charge in [0.25, 0.3) is 0 Å². The summed E-state index contributed by atoms with van der Waals surface area (Å²) in [6.07, 6.45) is 18.3. The van der Waals surface area contributed by atoms with E-state index in [2.05, 4.69) is 66.0 Å². The molecule has 0 rings (SSSR count). The van der Waals surface area contributed by atoms with E-state index in [1.54, 1.807) is 0 Å². The van der Waals surface area contributed by atoms with Crippen molar-refractivity contribution in [1.29, 1.82) is 0 Å². The van der Waals surface area contributed by atoms with Crippen LogP contribution >= 0.6 is 12.2 Å². The lowest BCUT2D eigenvalue weighted by molar-refractivity contribution is 0.347. The molecule has 0 aromatic carbocycles. The molecule has 0 bridgehead atoms. The van der Waals surface area contributed by atoms with Gasteiger partial charge in [-0.1, -0.05) is 107 Å². The fourth-order valence-electron chi connectivity index (χ4n) is 5.01. The molecule has 0 heterocycles. The minimum Gasteiger partial charge on any atom is -0.360 e. The second-order valence-corrected chi connectivity index (χ2v) is 11.7. The van der Waals surface area contributed by atoms with Crippen LogP contribution in [0, 0.1) is 23.7 Å². The first kappa shape index (κ1) is 31.7. The Bertz CT molecular complexity index is 397. The highest BCUT2D eigenvalue weighted by atomic mass is 32.1. The quantitative estimate of drug-likeness (QED) is 0.174. The van der Waals surface area contributed by atoms with Gasteiger partial charge in [-0.15, -0.1) is 0 Å². The van der Waals surface area contributed by atoms with Crippen LogP contribution in [-0.2, 0) is 0 Å². The maximum absolute atomic E-state index is 5.85. The second-order valence-electron chi connectivity index (χ2n) is 11.3. The van der Waals surface area contributed by atoms with Crippen molar-refractivity contribution in [3.05, 3.63) is 0 Å². The molecule has 2 N–H and O–H groups in total. The number of thiocarbonyl (C=S) groups is 1. The molecule has 32 heavy (non-hydrogen) atoms. The van der Waals surface area contributed by atoms with Gasteiger partial charge >= 0.3 is 0 Å². The van der Waals surface area contributed by atoms with Gasteiger partial charge in [0.2, 0.25) is 0 Å². The molecule has 0 saturated heterocycles. The van der Waals surface area contributed by atoms with E-state index in [-0.39, 0.29) is 0 Å². The molecule has 0 aliphatic heterocycles. The van der Waals surface area contributed by atoms with E-state index >= 15 is 0 Å². The third kappa shape index (κ3) is 17.2. The highest BCUT2D eigenvalue weighted by Crippen LogP contribution is 2.23. The van der Waals surface area contributed by atoms with E-state index in [0.717, 1.165) is 16.9 Å². The van der Waals surface area contributed by atoms with Crippen molar-refractivity contribution in [1.82, 2.24) is 10.6 Å². The Morgan fingerprint density at radius 3 is 1.25 bits per heavy atom. The molecule has 0 radical (unpaired) electrons. The van der Waals surface area contributed by atoms with Crippen molar-refractivity contribution >= 4 is 17.3 Å². The normalized spacial score (nSPS) is 15.6. The number of unbranched alkanes of at least 4 members (excludes halogenated alkanes) is 2. The van der Waals surface area contributed by atoms with Gasteiger partial charge in [-0.2, -0.15) is 0 Å². The van der Waals surface area contributed by atoms with Crippen molar-refractivity contribution in [2.75, 3.05) is 0 Å². The third-order valence-corrected chi connectivity index (χ3v) is 7.35. The summed E-state index contributed by atoms with van der Waals surface area (Å²) in [6.45, 7) is 18.7. The third-order valence-electron chi connectivity index (χ3n) is 7.12. The summed E-state index contributed by atoms with van der Waals surface area (Å²) >= 11 is 5.85. The van der Waals surface area contributed by atoms with Crippen LogP contribution in [0.3, 0.4) is 0 Å². The van der Waals surface area contributed by atoms with Crippen LogP contribution in [-0.4, -0.2) is 17.2 Å². The van der Waals surface area contributed by atoms with E-state index in [9.17, 15) is 0 Å². The van der Waals surface area contributed by atoms with Gasteiger partial charge < -0.3 is 10.6 Å². The zero-order chi connectivity index (χ0) is 24.4. The molecule has 0 saturated carbocycles. The van der Waals surface area contributed by atoms with Gasteiger partial charge in [-0.3, -0.25) is 0 Å². The van der Waals surface area contributed by atoms with Gasteiger partial charge in [0.1, 0.15) is 0 Å². The Morgan fingerprint density at radius 2 is 0.969 bits per heavy atom. The Balaban J connectivity index is 4.82. The number of rotatable bonds is 20. The number of hydrogen-bond donors (Lipinski definition) is 2. The molecule has 2 nitrogen and oxygen atoms in total. The summed E-state index contributed by atoms with van der Waals surface area (Å²) in [6, 6.07) is 0.997. The maximum atomic E-state index is 5.85. The molecule has 0 spiro atoms. The lowest BCUT2D eigenvalue weighted by Gasteiger charge is -2.28. The molecule has 0 fully saturated rings. The van der Waals surface area contributed by atoms with Crippen LogP contribution in [0.5, 0.6) is 0 Å². The second kappa shape index (κ2) is 20.1. The average Bonchev–Trinajstić information content (AvgIpc) is 2.72. The van der Waals surface area contributed by atoms with Gasteiger partial charge in [0.05, 0.1) is 0 Å². The molecule has 0 aromatic rings. The van der Waals surface area contributed by atoms with Crippen molar-refractivity contribution in [2.24, 2.45) is 23.7 Å². The van der Waals surface area contributed by atoms with E-state index in [4.69, 9.17) is 12.2 Å². The van der Waals surface area contributed by atoms with E-state index < -0.39 is 0 Å². The highest BCUT2D eigenvalue weighted by molar-refractivity contribution is 7.80. The fraction of sp³-hybridized carbons (Fsp3) is 0.966. The first-order chi connectivity index (χ1) is 15.2. The Labute approximate surface area is 208 Å². The van der Waals surface area contributed by atoms with Gasteiger partial charge in [-0.25, -0.2) is 0 Å². The topological polar surface area (TPSA) is 24.1 Å². The smallest absolute Gasteiger partial charge is 0.166 e. The molecule has 0 aliphatic carbocycles. The number of hydrogen-bond acceptors (Lipinski definition) is 1. The van der Waals surface area contributed by atoms with Crippen LogP contribution in [0.2, 0.25) is 0 Å². The van der Waals surface area contributed by atoms with Crippen molar-refractivity contribution < 1.29 is 0 Å². The monoisotopic (exact) mass is 468 g/mol. The molecular weight excluding hydrogens is 408 g/mol. The van der Waals surface area contributed by atoms with Crippen molar-refractivity contribution in [2.45, 2.75) is 157 Å². The minimum atomic E-state index is 0.498. The SMILES string of the molecule is CCCC[C@H](CC)CC[C@H](CC(C)C)NC(=S)N[C@@H](CC[C@@H](CC)CCCC)CC(C)C. The molecule has 3 heteroatoms. The van der Waals surface area contributed by atoms with E-state index in [0.29, 0.717) is 23.9 Å². The summed E-state index contributed by atoms with van der Waals surface area (Å²) in [5, 5.41) is 8.38. The van der Waals surface area contributed by atoms with E-state index in [1.807, 2.05) is 0 Å². The van der Waals surface area contributed by atoms with Crippen LogP contribution < -0.4 is 10.6 Å². The van der Waals surface area contributed by atoms with Gasteiger partial charge in [0, 0.05) is 12.1 Å². The standard InChI is InChI=1S/C29H60N2S/c1-9-13-15-25(11-3)17-19-27(21-23(5)6)30-29(32)31-28(22-24(7)8)20-18-26(12-4)16-14-10-2/h23-28H,9-22H2,1-8H3,(H2,30,31,32)/t25-,26-,27-,28+/m0/s1. The summed E-state index contributed by atoms with van der Waals surface area (Å²) in [5.74, 6) is 3.13. The zero-order valence-corrected chi connectivity index (χ0v) is 24.1. The van der Waals surface area contributed by atoms with Crippen LogP contribution in [0.1, 0.15) is 145 Å². The average molecular weight is 469 g/mol. The first-order valence-electron chi connectivity index (χ1n) is 14.3. The van der Waals surface area contributed by atoms with Crippen molar-refractivity contribution in [3.8, 4) is 0 Å². The van der Waals surface area contributed by atoms with Crippen LogP contribution in [0.4, 0.5) is 0 Å². The predicted octanol–water partition coefficient (Wildman–Crippen LogP) is 9.27. The lowest BCUT2D eigenvalue weighted by atomic mass is 9.90. The fourth-order valence-corrected chi connectivity index (χ4v) is 5.35. The summed E-state index contributed by atoms with van der Waals surface area (Å²) in [4.78, 5) is 0. The molecule has 0 amide bonds. The van der Waals surface area contributed by atoms with Gasteiger partial charge in [-0.05, 0) is 74.4 Å². The summed E-state index contributed by atoms with van der Waals surface area (Å²) in [5.41, 5.74) is 0. The Kier molecular flexibility index (Phi) is 19.9. The largest absolute Gasteiger partial charge is 0.360 e. The molecule has 4 atom stereocenters.